The number of carbonyl (C=O) groups excluding carboxylic acids is 4. The maximum absolute atomic E-state index is 14.1. The summed E-state index contributed by atoms with van der Waals surface area (Å²) in [5.41, 5.74) is 0.931. The van der Waals surface area contributed by atoms with Gasteiger partial charge in [0.1, 0.15) is 23.6 Å². The number of rotatable bonds is 4. The van der Waals surface area contributed by atoms with Crippen LogP contribution in [0.5, 0.6) is 0 Å². The van der Waals surface area contributed by atoms with Crippen molar-refractivity contribution in [3.63, 3.8) is 0 Å². The first-order valence-corrected chi connectivity index (χ1v) is 13.1. The first-order chi connectivity index (χ1) is 19.6. The van der Waals surface area contributed by atoms with Crippen LogP contribution in [0.2, 0.25) is 0 Å². The minimum atomic E-state index is -0.964. The molecular formula is C30H22N4O6. The summed E-state index contributed by atoms with van der Waals surface area (Å²) >= 11 is 0. The zero-order valence-corrected chi connectivity index (χ0v) is 20.9. The van der Waals surface area contributed by atoms with Gasteiger partial charge in [-0.2, -0.15) is 0 Å². The average molecular weight is 535 g/mol. The van der Waals surface area contributed by atoms with Crippen molar-refractivity contribution in [3.05, 3.63) is 109 Å². The third-order valence-corrected chi connectivity index (χ3v) is 8.42. The van der Waals surface area contributed by atoms with Crippen LogP contribution in [0.15, 0.2) is 106 Å². The van der Waals surface area contributed by atoms with Gasteiger partial charge in [-0.25, -0.2) is 19.8 Å². The Morgan fingerprint density at radius 3 is 1.20 bits per heavy atom. The second-order valence-corrected chi connectivity index (χ2v) is 10.3. The van der Waals surface area contributed by atoms with E-state index in [0.717, 1.165) is 0 Å². The van der Waals surface area contributed by atoms with E-state index < -0.39 is 47.8 Å². The van der Waals surface area contributed by atoms with Crippen LogP contribution in [0.1, 0.15) is 23.6 Å². The molecule has 0 N–H and O–H groups in total. The second-order valence-electron chi connectivity index (χ2n) is 10.3. The SMILES string of the molecule is O=C1[C@@H]2[C@H](C(=O)N1c1ccccc1)N1[C@H](c3ccco3)[C@@H]3C(=O)N(c4ccccc4)C(=O)[C@@H]3N1[C@H]2c1ccco1. The van der Waals surface area contributed by atoms with E-state index in [9.17, 15) is 19.2 Å². The van der Waals surface area contributed by atoms with E-state index in [4.69, 9.17) is 8.83 Å². The number of hydrogen-bond acceptors (Lipinski definition) is 8. The Balaban J connectivity index is 1.32. The van der Waals surface area contributed by atoms with Gasteiger partial charge in [0, 0.05) is 0 Å². The van der Waals surface area contributed by atoms with E-state index in [1.807, 2.05) is 12.1 Å². The van der Waals surface area contributed by atoms with E-state index in [1.165, 1.54) is 22.3 Å². The quantitative estimate of drug-likeness (QED) is 0.367. The molecule has 4 amide bonds. The number of para-hydroxylation sites is 2. The van der Waals surface area contributed by atoms with Gasteiger partial charge in [-0.05, 0) is 48.5 Å². The van der Waals surface area contributed by atoms with Crippen molar-refractivity contribution >= 4 is 35.0 Å². The maximum Gasteiger partial charge on any atom is 0.253 e. The highest BCUT2D eigenvalue weighted by atomic mass is 16.3. The number of hydrazine groups is 1. The summed E-state index contributed by atoms with van der Waals surface area (Å²) in [6, 6.07) is 20.9. The smallest absolute Gasteiger partial charge is 0.253 e. The summed E-state index contributed by atoms with van der Waals surface area (Å²) in [6.45, 7) is 0. The molecule has 4 aliphatic rings. The molecule has 0 aliphatic carbocycles. The summed E-state index contributed by atoms with van der Waals surface area (Å²) in [4.78, 5) is 58.8. The van der Waals surface area contributed by atoms with E-state index >= 15 is 0 Å². The monoisotopic (exact) mass is 534 g/mol. The number of amides is 4. The molecule has 6 heterocycles. The topological polar surface area (TPSA) is 108 Å². The fraction of sp³-hybridized carbons (Fsp3) is 0.200. The van der Waals surface area contributed by atoms with Gasteiger partial charge in [-0.1, -0.05) is 36.4 Å². The number of benzene rings is 2. The second kappa shape index (κ2) is 8.35. The highest BCUT2D eigenvalue weighted by Crippen LogP contribution is 2.59. The number of nitrogens with zero attached hydrogens (tertiary/aromatic N) is 4. The number of carbonyl (C=O) groups is 4. The van der Waals surface area contributed by atoms with Crippen molar-refractivity contribution in [3.8, 4) is 0 Å². The molecule has 40 heavy (non-hydrogen) atoms. The molecule has 0 saturated carbocycles. The van der Waals surface area contributed by atoms with Crippen LogP contribution in [-0.2, 0) is 19.2 Å². The van der Waals surface area contributed by atoms with Crippen molar-refractivity contribution in [1.29, 1.82) is 0 Å². The normalized spacial score (nSPS) is 29.9. The fourth-order valence-corrected chi connectivity index (χ4v) is 6.97. The number of imide groups is 2. The Hall–Kier alpha value is -4.80. The number of furan rings is 2. The van der Waals surface area contributed by atoms with Crippen molar-refractivity contribution in [2.45, 2.75) is 24.2 Å². The van der Waals surface area contributed by atoms with Crippen LogP contribution < -0.4 is 9.80 Å². The Kier molecular flexibility index (Phi) is 4.82. The van der Waals surface area contributed by atoms with Crippen molar-refractivity contribution in [2.75, 3.05) is 9.80 Å². The summed E-state index contributed by atoms with van der Waals surface area (Å²) in [5, 5.41) is 3.49. The van der Waals surface area contributed by atoms with Crippen LogP contribution >= 0.6 is 0 Å². The molecule has 0 bridgehead atoms. The van der Waals surface area contributed by atoms with Crippen molar-refractivity contribution in [1.82, 2.24) is 10.0 Å². The minimum Gasteiger partial charge on any atom is -0.468 e. The molecule has 4 fully saturated rings. The zero-order valence-electron chi connectivity index (χ0n) is 20.9. The first kappa shape index (κ1) is 23.1. The van der Waals surface area contributed by atoms with Gasteiger partial charge in [0.05, 0.1) is 47.8 Å². The number of anilines is 2. The summed E-state index contributed by atoms with van der Waals surface area (Å²) in [6.07, 6.45) is 3.00. The van der Waals surface area contributed by atoms with Gasteiger partial charge in [0.2, 0.25) is 11.8 Å². The molecule has 2 aromatic heterocycles. The highest BCUT2D eigenvalue weighted by Gasteiger charge is 2.74. The highest BCUT2D eigenvalue weighted by molar-refractivity contribution is 6.26. The standard InChI is InChI=1S/C30H22N4O6/c35-27-21-23(19-13-7-15-39-19)34-26-22(28(36)32(30(26)38)18-11-5-2-6-12-18)24(20-14-8-16-40-20)33(34)25(21)29(37)31(27)17-9-3-1-4-10-17/h1-16,21-26H/t21-,22-,23-,24+,25+,26+/m0/s1. The third kappa shape index (κ3) is 2.89. The van der Waals surface area contributed by atoms with E-state index in [2.05, 4.69) is 0 Å². The lowest BCUT2D eigenvalue weighted by molar-refractivity contribution is -0.136. The average Bonchev–Trinajstić information content (AvgIpc) is 3.80. The van der Waals surface area contributed by atoms with Gasteiger partial charge < -0.3 is 8.83 Å². The van der Waals surface area contributed by atoms with Crippen molar-refractivity contribution in [2.24, 2.45) is 11.8 Å². The lowest BCUT2D eigenvalue weighted by Gasteiger charge is -2.34. The Bertz CT molecular complexity index is 1510. The summed E-state index contributed by atoms with van der Waals surface area (Å²) < 4.78 is 11.6. The van der Waals surface area contributed by atoms with Crippen LogP contribution in [0, 0.1) is 11.8 Å². The van der Waals surface area contributed by atoms with Gasteiger partial charge in [0.15, 0.2) is 0 Å². The Morgan fingerprint density at radius 1 is 0.450 bits per heavy atom. The van der Waals surface area contributed by atoms with Crippen molar-refractivity contribution < 1.29 is 28.0 Å². The van der Waals surface area contributed by atoms with E-state index in [1.54, 1.807) is 82.8 Å². The predicted molar refractivity (Wildman–Crippen MR) is 139 cm³/mol. The third-order valence-electron chi connectivity index (χ3n) is 8.42. The molecule has 10 heteroatoms. The molecule has 4 saturated heterocycles. The summed E-state index contributed by atoms with van der Waals surface area (Å²) in [5.74, 6) is -2.48. The molecule has 4 aromatic rings. The molecule has 4 aliphatic heterocycles. The molecule has 0 radical (unpaired) electrons. The van der Waals surface area contributed by atoms with Gasteiger partial charge in [-0.15, -0.1) is 0 Å². The van der Waals surface area contributed by atoms with Gasteiger partial charge in [-0.3, -0.25) is 19.2 Å². The molecule has 2 aromatic carbocycles. The van der Waals surface area contributed by atoms with Crippen LogP contribution in [0.3, 0.4) is 0 Å². The van der Waals surface area contributed by atoms with Crippen LogP contribution in [0.25, 0.3) is 0 Å². The van der Waals surface area contributed by atoms with Gasteiger partial charge in [0.25, 0.3) is 11.8 Å². The largest absolute Gasteiger partial charge is 0.468 e. The maximum atomic E-state index is 14.1. The molecule has 0 spiro atoms. The van der Waals surface area contributed by atoms with Crippen LogP contribution in [-0.4, -0.2) is 45.7 Å². The van der Waals surface area contributed by atoms with Gasteiger partial charge >= 0.3 is 0 Å². The van der Waals surface area contributed by atoms with E-state index in [-0.39, 0.29) is 11.8 Å². The number of fused-ring (bicyclic) bond motifs is 5. The predicted octanol–water partition coefficient (Wildman–Crippen LogP) is 3.32. The molecule has 6 atom stereocenters. The Morgan fingerprint density at radius 2 is 0.850 bits per heavy atom. The molecule has 198 valence electrons. The van der Waals surface area contributed by atoms with Crippen LogP contribution in [0.4, 0.5) is 11.4 Å². The van der Waals surface area contributed by atoms with E-state index in [0.29, 0.717) is 22.9 Å². The lowest BCUT2D eigenvalue weighted by Crippen LogP contribution is -2.50. The fourth-order valence-electron chi connectivity index (χ4n) is 6.97. The lowest BCUT2D eigenvalue weighted by atomic mass is 9.87. The molecule has 8 rings (SSSR count). The molecular weight excluding hydrogens is 512 g/mol. The molecule has 0 unspecified atom stereocenters. The molecule has 10 nitrogen and oxygen atoms in total. The Labute approximate surface area is 227 Å². The number of hydrogen-bond donors (Lipinski definition) is 0. The summed E-state index contributed by atoms with van der Waals surface area (Å²) in [7, 11) is 0. The first-order valence-electron chi connectivity index (χ1n) is 13.1. The zero-order chi connectivity index (χ0) is 27.1. The minimum absolute atomic E-state index is 0.386.